The molecular formula is C8H13N3. The van der Waals surface area contributed by atoms with E-state index in [1.807, 2.05) is 17.8 Å². The van der Waals surface area contributed by atoms with E-state index in [2.05, 4.69) is 30.7 Å². The molecule has 0 radical (unpaired) electrons. The Balaban J connectivity index is 2.90. The van der Waals surface area contributed by atoms with E-state index in [4.69, 9.17) is 0 Å². The van der Waals surface area contributed by atoms with Crippen molar-refractivity contribution in [3.8, 4) is 0 Å². The summed E-state index contributed by atoms with van der Waals surface area (Å²) in [6.07, 6.45) is 1.91. The summed E-state index contributed by atoms with van der Waals surface area (Å²) in [5.41, 5.74) is 1.83. The summed E-state index contributed by atoms with van der Waals surface area (Å²) < 4.78 is 1.82. The van der Waals surface area contributed by atoms with Gasteiger partial charge in [0.15, 0.2) is 0 Å². The second-order valence-electron chi connectivity index (χ2n) is 2.96. The number of rotatable bonds is 2. The van der Waals surface area contributed by atoms with Gasteiger partial charge in [-0.3, -0.25) is 0 Å². The Hall–Kier alpha value is -1.12. The fourth-order valence-electron chi connectivity index (χ4n) is 0.725. The first-order valence-corrected chi connectivity index (χ1v) is 3.69. The van der Waals surface area contributed by atoms with Gasteiger partial charge in [-0.1, -0.05) is 11.8 Å². The molecular weight excluding hydrogens is 138 g/mol. The summed E-state index contributed by atoms with van der Waals surface area (Å²) in [5.74, 6) is 0. The molecule has 60 valence electrons. The van der Waals surface area contributed by atoms with E-state index in [0.717, 1.165) is 11.3 Å². The molecule has 0 aliphatic rings. The minimum Gasteiger partial charge on any atom is -0.249 e. The minimum atomic E-state index is 0.371. The molecule has 0 N–H and O–H groups in total. The summed E-state index contributed by atoms with van der Waals surface area (Å²) in [5, 5.41) is 7.89. The van der Waals surface area contributed by atoms with Crippen LogP contribution >= 0.6 is 0 Å². The minimum absolute atomic E-state index is 0.371. The molecule has 3 heteroatoms. The lowest BCUT2D eigenvalue weighted by atomic mass is 10.3. The van der Waals surface area contributed by atoms with Gasteiger partial charge in [0.05, 0.1) is 6.20 Å². The zero-order valence-corrected chi connectivity index (χ0v) is 7.20. The second kappa shape index (κ2) is 2.86. The highest BCUT2D eigenvalue weighted by Gasteiger charge is 2.02. The zero-order chi connectivity index (χ0) is 8.43. The van der Waals surface area contributed by atoms with Crippen LogP contribution in [0.1, 0.15) is 32.5 Å². The number of hydrogen-bond acceptors (Lipinski definition) is 2. The molecule has 0 aliphatic heterocycles. The fraction of sp³-hybridized carbons (Fsp3) is 0.500. The van der Waals surface area contributed by atoms with E-state index in [9.17, 15) is 0 Å². The van der Waals surface area contributed by atoms with Gasteiger partial charge in [-0.05, 0) is 26.3 Å². The van der Waals surface area contributed by atoms with Crippen LogP contribution in [0.5, 0.6) is 0 Å². The summed E-state index contributed by atoms with van der Waals surface area (Å²) >= 11 is 0. The third-order valence-electron chi connectivity index (χ3n) is 1.48. The highest BCUT2D eigenvalue weighted by atomic mass is 15.4. The van der Waals surface area contributed by atoms with Gasteiger partial charge >= 0.3 is 0 Å². The molecule has 0 bridgehead atoms. The normalized spacial score (nSPS) is 10.5. The molecule has 0 atom stereocenters. The van der Waals surface area contributed by atoms with Gasteiger partial charge in [-0.15, -0.1) is 5.10 Å². The van der Waals surface area contributed by atoms with Crippen LogP contribution in [0.25, 0.3) is 5.57 Å². The molecule has 1 rings (SSSR count). The first-order valence-electron chi connectivity index (χ1n) is 3.69. The zero-order valence-electron chi connectivity index (χ0n) is 7.20. The topological polar surface area (TPSA) is 30.7 Å². The molecule has 0 fully saturated rings. The maximum Gasteiger partial charge on any atom is 0.108 e. The van der Waals surface area contributed by atoms with Gasteiger partial charge in [-0.25, -0.2) is 4.68 Å². The smallest absolute Gasteiger partial charge is 0.108 e. The Morgan fingerprint density at radius 3 is 2.55 bits per heavy atom. The largest absolute Gasteiger partial charge is 0.249 e. The Bertz CT molecular complexity index is 260. The van der Waals surface area contributed by atoms with Crippen molar-refractivity contribution in [3.05, 3.63) is 18.5 Å². The Morgan fingerprint density at radius 1 is 1.64 bits per heavy atom. The quantitative estimate of drug-likeness (QED) is 0.646. The summed E-state index contributed by atoms with van der Waals surface area (Å²) in [7, 11) is 0. The maximum atomic E-state index is 3.95. The van der Waals surface area contributed by atoms with Gasteiger partial charge in [0.1, 0.15) is 5.69 Å². The predicted octanol–water partition coefficient (Wildman–Crippen LogP) is 1.89. The van der Waals surface area contributed by atoms with Crippen LogP contribution in [0.4, 0.5) is 0 Å². The summed E-state index contributed by atoms with van der Waals surface area (Å²) in [6, 6.07) is 0.371. The molecule has 3 nitrogen and oxygen atoms in total. The van der Waals surface area contributed by atoms with Crippen LogP contribution < -0.4 is 0 Å². The average Bonchev–Trinajstić information content (AvgIpc) is 2.33. The molecule has 0 saturated heterocycles. The van der Waals surface area contributed by atoms with Crippen LogP contribution in [-0.2, 0) is 0 Å². The van der Waals surface area contributed by atoms with E-state index in [-0.39, 0.29) is 0 Å². The highest BCUT2D eigenvalue weighted by molar-refractivity contribution is 5.56. The van der Waals surface area contributed by atoms with Crippen LogP contribution in [0.3, 0.4) is 0 Å². The van der Waals surface area contributed by atoms with Crippen molar-refractivity contribution in [1.29, 1.82) is 0 Å². The molecule has 1 aromatic heterocycles. The maximum absolute atomic E-state index is 3.95. The number of allylic oxidation sites excluding steroid dienone is 1. The molecule has 1 aromatic rings. The van der Waals surface area contributed by atoms with E-state index in [0.29, 0.717) is 6.04 Å². The van der Waals surface area contributed by atoms with Crippen molar-refractivity contribution in [1.82, 2.24) is 15.0 Å². The van der Waals surface area contributed by atoms with Gasteiger partial charge in [0.25, 0.3) is 0 Å². The monoisotopic (exact) mass is 151 g/mol. The summed E-state index contributed by atoms with van der Waals surface area (Å²) in [4.78, 5) is 0. The van der Waals surface area contributed by atoms with Crippen molar-refractivity contribution in [2.75, 3.05) is 0 Å². The Labute approximate surface area is 66.7 Å². The van der Waals surface area contributed by atoms with E-state index < -0.39 is 0 Å². The van der Waals surface area contributed by atoms with Crippen molar-refractivity contribution in [3.63, 3.8) is 0 Å². The molecule has 0 spiro atoms. The molecule has 0 saturated carbocycles. The number of nitrogens with zero attached hydrogens (tertiary/aromatic N) is 3. The lowest BCUT2D eigenvalue weighted by Crippen LogP contribution is -2.00. The third kappa shape index (κ3) is 1.67. The van der Waals surface area contributed by atoms with Gasteiger partial charge in [-0.2, -0.15) is 0 Å². The third-order valence-corrected chi connectivity index (χ3v) is 1.48. The molecule has 11 heavy (non-hydrogen) atoms. The Kier molecular flexibility index (Phi) is 2.08. The Morgan fingerprint density at radius 2 is 2.27 bits per heavy atom. The van der Waals surface area contributed by atoms with Gasteiger partial charge < -0.3 is 0 Å². The molecule has 0 aromatic carbocycles. The lowest BCUT2D eigenvalue weighted by molar-refractivity contribution is 0.514. The standard InChI is InChI=1S/C8H13N3/c1-6(2)8-5-11(7(3)4)10-9-8/h5,7H,1H2,2-4H3. The van der Waals surface area contributed by atoms with E-state index in [1.165, 1.54) is 0 Å². The number of hydrogen-bond donors (Lipinski definition) is 0. The van der Waals surface area contributed by atoms with Crippen LogP contribution in [0.2, 0.25) is 0 Å². The molecule has 1 heterocycles. The first-order chi connectivity index (χ1) is 5.11. The van der Waals surface area contributed by atoms with Crippen molar-refractivity contribution in [2.24, 2.45) is 0 Å². The van der Waals surface area contributed by atoms with E-state index >= 15 is 0 Å². The lowest BCUT2D eigenvalue weighted by Gasteiger charge is -2.00. The van der Waals surface area contributed by atoms with E-state index in [1.54, 1.807) is 0 Å². The van der Waals surface area contributed by atoms with Crippen LogP contribution in [-0.4, -0.2) is 15.0 Å². The summed E-state index contributed by atoms with van der Waals surface area (Å²) in [6.45, 7) is 9.84. The highest BCUT2D eigenvalue weighted by Crippen LogP contribution is 2.08. The molecule has 0 amide bonds. The first kappa shape index (κ1) is 7.98. The molecule has 0 aliphatic carbocycles. The van der Waals surface area contributed by atoms with Crippen LogP contribution in [0.15, 0.2) is 12.8 Å². The SMILES string of the molecule is C=C(C)c1cn(C(C)C)nn1. The van der Waals surface area contributed by atoms with Crippen molar-refractivity contribution >= 4 is 5.57 Å². The number of aromatic nitrogens is 3. The van der Waals surface area contributed by atoms with Crippen molar-refractivity contribution < 1.29 is 0 Å². The van der Waals surface area contributed by atoms with Crippen LogP contribution in [0, 0.1) is 0 Å². The average molecular weight is 151 g/mol. The predicted molar refractivity (Wildman–Crippen MR) is 45.1 cm³/mol. The molecule has 0 unspecified atom stereocenters. The van der Waals surface area contributed by atoms with Gasteiger partial charge in [0.2, 0.25) is 0 Å². The van der Waals surface area contributed by atoms with Crippen molar-refractivity contribution in [2.45, 2.75) is 26.8 Å². The van der Waals surface area contributed by atoms with Gasteiger partial charge in [0, 0.05) is 6.04 Å². The second-order valence-corrected chi connectivity index (χ2v) is 2.96. The fourth-order valence-corrected chi connectivity index (χ4v) is 0.725.